The number of piperazine rings is 1. The van der Waals surface area contributed by atoms with Gasteiger partial charge in [-0.25, -0.2) is 0 Å². The molecule has 2 aliphatic heterocycles. The lowest BCUT2D eigenvalue weighted by atomic mass is 9.97. The molecule has 3 atom stereocenters. The van der Waals surface area contributed by atoms with Crippen molar-refractivity contribution in [3.8, 4) is 11.1 Å². The third-order valence-electron chi connectivity index (χ3n) is 8.79. The molecule has 3 unspecified atom stereocenters. The molecule has 4 aromatic rings. The van der Waals surface area contributed by atoms with Crippen molar-refractivity contribution in [1.82, 2.24) is 29.9 Å². The number of nitrogens with zero attached hydrogens (tertiary/aromatic N) is 5. The van der Waals surface area contributed by atoms with E-state index >= 15 is 0 Å². The minimum Gasteiger partial charge on any atom is -0.330 e. The zero-order chi connectivity index (χ0) is 31.0. The summed E-state index contributed by atoms with van der Waals surface area (Å²) < 4.78 is 3.05. The highest BCUT2D eigenvalue weighted by Crippen LogP contribution is 2.48. The van der Waals surface area contributed by atoms with Crippen LogP contribution in [-0.2, 0) is 29.2 Å². The van der Waals surface area contributed by atoms with Gasteiger partial charge >= 0.3 is 0 Å². The SMILES string of the molecule is CC1CN(Cc2cnn(CCCN)c2)CCN1.Cc1cc(Cl)cc(-c2ccnc3cc(CN4C(=O)C5CC5C4=O)sc23)c1C. The van der Waals surface area contributed by atoms with Crippen LogP contribution in [0.15, 0.2) is 42.9 Å². The second kappa shape index (κ2) is 13.1. The molecule has 1 aliphatic carbocycles. The standard InChI is InChI=1S/C21H17ClN2O2S.C12H23N5/c1-10-5-12(22)6-15(11(10)2)14-3-4-23-18-7-13(27-19(14)18)9-24-20(25)16-8-17(16)21(24)26;1-11-8-16(6-4-14-11)9-12-7-15-17(10-12)5-2-3-13/h3-7,16-17H,8-9H2,1-2H3;7,10-11,14H,2-6,8-9,13H2,1H3. The summed E-state index contributed by atoms with van der Waals surface area (Å²) in [7, 11) is 0. The van der Waals surface area contributed by atoms with Crippen LogP contribution in [-0.4, -0.2) is 68.6 Å². The number of piperidine rings is 1. The maximum atomic E-state index is 12.3. The van der Waals surface area contributed by atoms with Crippen molar-refractivity contribution in [3.05, 3.63) is 69.4 Å². The average molecular weight is 634 g/mol. The van der Waals surface area contributed by atoms with E-state index in [1.807, 2.05) is 35.1 Å². The molecule has 0 spiro atoms. The lowest BCUT2D eigenvalue weighted by molar-refractivity contribution is -0.141. The minimum absolute atomic E-state index is 0.0167. The number of hydrogen-bond donors (Lipinski definition) is 2. The number of halogens is 1. The molecule has 9 nitrogen and oxygen atoms in total. The average Bonchev–Trinajstić information content (AvgIpc) is 3.39. The van der Waals surface area contributed by atoms with E-state index in [2.05, 4.69) is 47.3 Å². The highest BCUT2D eigenvalue weighted by Gasteiger charge is 2.58. The number of likely N-dealkylation sites (tertiary alicyclic amines) is 1. The fourth-order valence-electron chi connectivity index (χ4n) is 6.21. The molecular weight excluding hydrogens is 594 g/mol. The molecule has 0 bridgehead atoms. The quantitative estimate of drug-likeness (QED) is 0.269. The van der Waals surface area contributed by atoms with Gasteiger partial charge in [-0.05, 0) is 81.1 Å². The minimum atomic E-state index is -0.0577. The molecule has 2 saturated heterocycles. The normalized spacial score (nSPS) is 21.5. The summed E-state index contributed by atoms with van der Waals surface area (Å²) in [5.41, 5.74) is 12.2. The van der Waals surface area contributed by atoms with Crippen molar-refractivity contribution in [2.24, 2.45) is 17.6 Å². The van der Waals surface area contributed by atoms with Gasteiger partial charge in [0.1, 0.15) is 0 Å². The molecule has 0 radical (unpaired) electrons. The van der Waals surface area contributed by atoms with Crippen LogP contribution in [0, 0.1) is 25.7 Å². The first-order chi connectivity index (χ1) is 21.2. The Kier molecular flexibility index (Phi) is 9.16. The third-order valence-corrected chi connectivity index (χ3v) is 10.2. The van der Waals surface area contributed by atoms with Crippen LogP contribution in [0.5, 0.6) is 0 Å². The van der Waals surface area contributed by atoms with E-state index < -0.39 is 0 Å². The Labute approximate surface area is 267 Å². The number of nitrogens with two attached hydrogens (primary N) is 1. The van der Waals surface area contributed by atoms with Crippen LogP contribution in [0.25, 0.3) is 21.3 Å². The monoisotopic (exact) mass is 633 g/mol. The van der Waals surface area contributed by atoms with Gasteiger partial charge in [0, 0.05) is 72.2 Å². The lowest BCUT2D eigenvalue weighted by Gasteiger charge is -2.31. The summed E-state index contributed by atoms with van der Waals surface area (Å²) in [6, 6.07) is 8.53. The van der Waals surface area contributed by atoms with Crippen LogP contribution in [0.1, 0.15) is 41.3 Å². The first-order valence-corrected chi connectivity index (χ1v) is 16.6. The maximum absolute atomic E-state index is 12.3. The number of imide groups is 1. The molecule has 11 heteroatoms. The van der Waals surface area contributed by atoms with E-state index in [9.17, 15) is 9.59 Å². The molecule has 5 heterocycles. The number of hydrogen-bond acceptors (Lipinski definition) is 8. The van der Waals surface area contributed by atoms with Gasteiger partial charge in [0.25, 0.3) is 0 Å². The summed E-state index contributed by atoms with van der Waals surface area (Å²) in [4.78, 5) is 33.9. The lowest BCUT2D eigenvalue weighted by Crippen LogP contribution is -2.48. The second-order valence-corrected chi connectivity index (χ2v) is 13.8. The number of thiophene rings is 1. The number of nitrogens with one attached hydrogen (secondary N) is 1. The summed E-state index contributed by atoms with van der Waals surface area (Å²) in [6.07, 6.45) is 7.64. The number of fused-ring (bicyclic) bond motifs is 2. The topological polar surface area (TPSA) is 109 Å². The van der Waals surface area contributed by atoms with Gasteiger partial charge in [-0.1, -0.05) is 11.6 Å². The van der Waals surface area contributed by atoms with Crippen molar-refractivity contribution in [2.75, 3.05) is 26.2 Å². The predicted molar refractivity (Wildman–Crippen MR) is 175 cm³/mol. The molecule has 2 amide bonds. The fourth-order valence-corrected chi connectivity index (χ4v) is 7.62. The van der Waals surface area contributed by atoms with Gasteiger partial charge < -0.3 is 11.1 Å². The van der Waals surface area contributed by atoms with Gasteiger partial charge in [0.2, 0.25) is 11.8 Å². The van der Waals surface area contributed by atoms with Crippen molar-refractivity contribution >= 4 is 45.0 Å². The zero-order valence-electron chi connectivity index (χ0n) is 25.6. The van der Waals surface area contributed by atoms with Crippen LogP contribution >= 0.6 is 22.9 Å². The number of amides is 2. The summed E-state index contributed by atoms with van der Waals surface area (Å²) >= 11 is 7.89. The molecular formula is C33H40ClN7O2S. The van der Waals surface area contributed by atoms with E-state index in [0.29, 0.717) is 17.6 Å². The summed E-state index contributed by atoms with van der Waals surface area (Å²) in [5.74, 6) is -0.149. The van der Waals surface area contributed by atoms with Crippen molar-refractivity contribution in [1.29, 1.82) is 0 Å². The van der Waals surface area contributed by atoms with Crippen LogP contribution < -0.4 is 11.1 Å². The van der Waals surface area contributed by atoms with E-state index in [1.54, 1.807) is 17.5 Å². The highest BCUT2D eigenvalue weighted by molar-refractivity contribution is 7.19. The molecule has 7 rings (SSSR count). The van der Waals surface area contributed by atoms with Crippen molar-refractivity contribution in [3.63, 3.8) is 0 Å². The highest BCUT2D eigenvalue weighted by atomic mass is 35.5. The number of carbonyl (C=O) groups excluding carboxylic acids is 2. The number of aryl methyl sites for hydroxylation is 2. The van der Waals surface area contributed by atoms with Gasteiger partial charge in [-0.3, -0.25) is 29.1 Å². The van der Waals surface area contributed by atoms with E-state index in [1.165, 1.54) is 16.0 Å². The Morgan fingerprint density at radius 1 is 1.11 bits per heavy atom. The van der Waals surface area contributed by atoms with Gasteiger partial charge in [0.05, 0.1) is 34.8 Å². The third kappa shape index (κ3) is 6.60. The van der Waals surface area contributed by atoms with Crippen LogP contribution in [0.3, 0.4) is 0 Å². The summed E-state index contributed by atoms with van der Waals surface area (Å²) in [6.45, 7) is 12.7. The van der Waals surface area contributed by atoms with E-state index in [4.69, 9.17) is 17.3 Å². The Balaban J connectivity index is 0.000000174. The van der Waals surface area contributed by atoms with Crippen molar-refractivity contribution in [2.45, 2.75) is 59.3 Å². The van der Waals surface area contributed by atoms with Crippen molar-refractivity contribution < 1.29 is 9.59 Å². The summed E-state index contributed by atoms with van der Waals surface area (Å²) in [5, 5.41) is 8.52. The molecule has 3 aromatic heterocycles. The molecule has 44 heavy (non-hydrogen) atoms. The predicted octanol–water partition coefficient (Wildman–Crippen LogP) is 4.76. The van der Waals surface area contributed by atoms with Gasteiger partial charge in [-0.2, -0.15) is 5.10 Å². The number of aromatic nitrogens is 3. The molecule has 1 saturated carbocycles. The molecule has 3 fully saturated rings. The largest absolute Gasteiger partial charge is 0.330 e. The number of benzene rings is 1. The van der Waals surface area contributed by atoms with E-state index in [-0.39, 0.29) is 23.7 Å². The second-order valence-electron chi connectivity index (χ2n) is 12.2. The Hall–Kier alpha value is -3.15. The molecule has 232 valence electrons. The smallest absolute Gasteiger partial charge is 0.233 e. The molecule has 3 aliphatic rings. The van der Waals surface area contributed by atoms with Crippen LogP contribution in [0.2, 0.25) is 5.02 Å². The van der Waals surface area contributed by atoms with Gasteiger partial charge in [-0.15, -0.1) is 11.3 Å². The van der Waals surface area contributed by atoms with Gasteiger partial charge in [0.15, 0.2) is 0 Å². The first kappa shape index (κ1) is 30.9. The number of rotatable bonds is 8. The Morgan fingerprint density at radius 3 is 2.66 bits per heavy atom. The Morgan fingerprint density at radius 2 is 1.91 bits per heavy atom. The molecule has 3 N–H and O–H groups in total. The first-order valence-electron chi connectivity index (χ1n) is 15.4. The molecule has 1 aromatic carbocycles. The van der Waals surface area contributed by atoms with E-state index in [0.717, 1.165) is 83.9 Å². The Bertz CT molecular complexity index is 1660. The fraction of sp³-hybridized carbons (Fsp3) is 0.455. The van der Waals surface area contributed by atoms with Crippen LogP contribution in [0.4, 0.5) is 0 Å². The maximum Gasteiger partial charge on any atom is 0.233 e. The zero-order valence-corrected chi connectivity index (χ0v) is 27.1. The number of pyridine rings is 1. The number of carbonyl (C=O) groups is 2.